The molecule has 22 heavy (non-hydrogen) atoms. The average molecular weight is 372 g/mol. The number of halogens is 1. The van der Waals surface area contributed by atoms with Gasteiger partial charge in [-0.2, -0.15) is 0 Å². The summed E-state index contributed by atoms with van der Waals surface area (Å²) in [6, 6.07) is 7.53. The highest BCUT2D eigenvalue weighted by molar-refractivity contribution is 9.10. The van der Waals surface area contributed by atoms with Crippen LogP contribution >= 0.6 is 15.9 Å². The molecular weight excluding hydrogens is 350 g/mol. The van der Waals surface area contributed by atoms with E-state index >= 15 is 0 Å². The van der Waals surface area contributed by atoms with Gasteiger partial charge in [-0.15, -0.1) is 0 Å². The van der Waals surface area contributed by atoms with Crippen molar-refractivity contribution in [2.24, 2.45) is 0 Å². The fourth-order valence-electron chi connectivity index (χ4n) is 2.82. The molecule has 1 fully saturated rings. The Labute approximate surface area is 138 Å². The van der Waals surface area contributed by atoms with E-state index in [1.807, 2.05) is 24.3 Å². The van der Waals surface area contributed by atoms with Crippen molar-refractivity contribution in [2.45, 2.75) is 50.4 Å². The van der Waals surface area contributed by atoms with Crippen LogP contribution in [0.25, 0.3) is 0 Å². The van der Waals surface area contributed by atoms with Crippen LogP contribution in [0.2, 0.25) is 0 Å². The molecule has 1 amide bonds. The highest BCUT2D eigenvalue weighted by Gasteiger charge is 2.55. The van der Waals surface area contributed by atoms with Crippen LogP contribution in [0.4, 0.5) is 4.79 Å². The van der Waals surface area contributed by atoms with E-state index in [1.165, 1.54) is 0 Å². The van der Waals surface area contributed by atoms with Crippen molar-refractivity contribution in [1.82, 2.24) is 5.32 Å². The molecule has 5 nitrogen and oxygen atoms in total. The third-order valence-corrected chi connectivity index (χ3v) is 4.22. The van der Waals surface area contributed by atoms with Crippen molar-refractivity contribution < 1.29 is 19.7 Å². The number of alkyl carbamates (subject to hydrolysis) is 1. The van der Waals surface area contributed by atoms with Gasteiger partial charge in [0.15, 0.2) is 0 Å². The summed E-state index contributed by atoms with van der Waals surface area (Å²) in [4.78, 5) is 12.1. The van der Waals surface area contributed by atoms with Crippen LogP contribution in [0.5, 0.6) is 0 Å². The third-order valence-electron chi connectivity index (χ3n) is 3.69. The van der Waals surface area contributed by atoms with E-state index in [0.717, 1.165) is 10.0 Å². The minimum Gasteiger partial charge on any atom is -0.444 e. The number of nitrogens with one attached hydrogen (secondary N) is 1. The predicted octanol–water partition coefficient (Wildman–Crippen LogP) is 2.69. The summed E-state index contributed by atoms with van der Waals surface area (Å²) in [5.41, 5.74) is -1.61. The zero-order chi connectivity index (χ0) is 16.6. The number of aliphatic hydroxyl groups excluding tert-OH is 1. The van der Waals surface area contributed by atoms with Gasteiger partial charge in [0, 0.05) is 17.3 Å². The van der Waals surface area contributed by atoms with Crippen LogP contribution in [0.15, 0.2) is 28.7 Å². The van der Waals surface area contributed by atoms with Crippen LogP contribution < -0.4 is 5.32 Å². The summed E-state index contributed by atoms with van der Waals surface area (Å²) in [6.07, 6.45) is -0.0372. The standard InChI is InChI=1S/C16H22BrNO4/c1-14(2,3)22-13(20)18-16(8-15(21,9-16)10-19)11-4-6-12(17)7-5-11/h4-7,19,21H,8-10H2,1-3H3,(H,18,20). The van der Waals surface area contributed by atoms with E-state index in [0.29, 0.717) is 0 Å². The smallest absolute Gasteiger partial charge is 0.408 e. The lowest BCUT2D eigenvalue weighted by Gasteiger charge is -2.53. The average Bonchev–Trinajstić information content (AvgIpc) is 2.34. The molecule has 1 aromatic carbocycles. The highest BCUT2D eigenvalue weighted by atomic mass is 79.9. The van der Waals surface area contributed by atoms with Crippen molar-refractivity contribution in [2.75, 3.05) is 6.61 Å². The largest absolute Gasteiger partial charge is 0.444 e. The molecule has 1 aromatic rings. The first-order valence-electron chi connectivity index (χ1n) is 7.18. The predicted molar refractivity (Wildman–Crippen MR) is 86.5 cm³/mol. The van der Waals surface area contributed by atoms with E-state index < -0.39 is 22.8 Å². The van der Waals surface area contributed by atoms with Crippen LogP contribution in [-0.2, 0) is 10.3 Å². The molecule has 0 saturated heterocycles. The van der Waals surface area contributed by atoms with E-state index in [2.05, 4.69) is 21.2 Å². The Morgan fingerprint density at radius 2 is 1.86 bits per heavy atom. The number of ether oxygens (including phenoxy) is 1. The van der Waals surface area contributed by atoms with E-state index in [9.17, 15) is 15.0 Å². The van der Waals surface area contributed by atoms with Crippen molar-refractivity contribution in [3.8, 4) is 0 Å². The molecule has 1 aliphatic rings. The van der Waals surface area contributed by atoms with Crippen LogP contribution in [0.3, 0.4) is 0 Å². The molecule has 0 unspecified atom stereocenters. The monoisotopic (exact) mass is 371 g/mol. The van der Waals surface area contributed by atoms with Crippen LogP contribution in [-0.4, -0.2) is 34.1 Å². The second kappa shape index (κ2) is 5.83. The summed E-state index contributed by atoms with van der Waals surface area (Å²) in [5.74, 6) is 0. The van der Waals surface area contributed by atoms with Crippen molar-refractivity contribution >= 4 is 22.0 Å². The van der Waals surface area contributed by atoms with Crippen molar-refractivity contribution in [3.05, 3.63) is 34.3 Å². The maximum absolute atomic E-state index is 12.1. The number of benzene rings is 1. The van der Waals surface area contributed by atoms with E-state index in [4.69, 9.17) is 4.74 Å². The topological polar surface area (TPSA) is 78.8 Å². The number of rotatable bonds is 3. The minimum atomic E-state index is -1.16. The fraction of sp³-hybridized carbons (Fsp3) is 0.562. The lowest BCUT2D eigenvalue weighted by atomic mass is 9.62. The number of aliphatic hydroxyl groups is 2. The normalized spacial score (nSPS) is 27.9. The molecule has 6 heteroatoms. The molecule has 2 rings (SSSR count). The quantitative estimate of drug-likeness (QED) is 0.762. The van der Waals surface area contributed by atoms with Gasteiger partial charge in [0.1, 0.15) is 5.60 Å². The Kier molecular flexibility index (Phi) is 4.57. The molecule has 1 saturated carbocycles. The number of hydrogen-bond acceptors (Lipinski definition) is 4. The number of carbonyl (C=O) groups excluding carboxylic acids is 1. The second-order valence-electron chi connectivity index (χ2n) is 6.95. The third kappa shape index (κ3) is 3.80. The zero-order valence-electron chi connectivity index (χ0n) is 13.0. The highest BCUT2D eigenvalue weighted by Crippen LogP contribution is 2.48. The van der Waals surface area contributed by atoms with Gasteiger partial charge >= 0.3 is 6.09 Å². The Morgan fingerprint density at radius 3 is 2.32 bits per heavy atom. The number of hydrogen-bond donors (Lipinski definition) is 3. The van der Waals surface area contributed by atoms with E-state index in [-0.39, 0.29) is 19.4 Å². The summed E-state index contributed by atoms with van der Waals surface area (Å²) in [7, 11) is 0. The maximum atomic E-state index is 12.1. The lowest BCUT2D eigenvalue weighted by molar-refractivity contribution is -0.131. The van der Waals surface area contributed by atoms with Crippen molar-refractivity contribution in [3.63, 3.8) is 0 Å². The van der Waals surface area contributed by atoms with Crippen molar-refractivity contribution in [1.29, 1.82) is 0 Å². The van der Waals surface area contributed by atoms with Crippen LogP contribution in [0.1, 0.15) is 39.2 Å². The summed E-state index contributed by atoms with van der Waals surface area (Å²) in [6.45, 7) is 5.05. The Morgan fingerprint density at radius 1 is 1.32 bits per heavy atom. The molecule has 3 N–H and O–H groups in total. The molecule has 0 bridgehead atoms. The molecule has 0 spiro atoms. The van der Waals surface area contributed by atoms with Gasteiger partial charge < -0.3 is 20.3 Å². The Balaban J connectivity index is 2.21. The lowest BCUT2D eigenvalue weighted by Crippen LogP contribution is -2.64. The molecule has 0 heterocycles. The van der Waals surface area contributed by atoms with E-state index in [1.54, 1.807) is 20.8 Å². The number of amides is 1. The zero-order valence-corrected chi connectivity index (χ0v) is 14.6. The minimum absolute atomic E-state index is 0.247. The van der Waals surface area contributed by atoms with Gasteiger partial charge in [0.25, 0.3) is 0 Å². The van der Waals surface area contributed by atoms with Gasteiger partial charge in [-0.05, 0) is 38.5 Å². The van der Waals surface area contributed by atoms with Crippen LogP contribution in [0, 0.1) is 0 Å². The van der Waals surface area contributed by atoms with Gasteiger partial charge in [-0.25, -0.2) is 4.79 Å². The maximum Gasteiger partial charge on any atom is 0.408 e. The van der Waals surface area contributed by atoms with Gasteiger partial charge in [-0.1, -0.05) is 28.1 Å². The number of carbonyl (C=O) groups is 1. The van der Waals surface area contributed by atoms with Gasteiger partial charge in [0.05, 0.1) is 17.7 Å². The SMILES string of the molecule is CC(C)(C)OC(=O)NC1(c2ccc(Br)cc2)CC(O)(CO)C1. The molecule has 0 radical (unpaired) electrons. The molecule has 0 atom stereocenters. The second-order valence-corrected chi connectivity index (χ2v) is 7.87. The first kappa shape index (κ1) is 17.2. The Hall–Kier alpha value is -1.11. The molecule has 0 aromatic heterocycles. The molecule has 122 valence electrons. The molecular formula is C16H22BrNO4. The first-order valence-corrected chi connectivity index (χ1v) is 7.97. The summed E-state index contributed by atoms with van der Waals surface area (Å²) < 4.78 is 6.24. The molecule has 0 aliphatic heterocycles. The summed E-state index contributed by atoms with van der Waals surface area (Å²) in [5, 5.41) is 22.3. The Bertz CT molecular complexity index is 544. The fourth-order valence-corrected chi connectivity index (χ4v) is 3.08. The first-order chi connectivity index (χ1) is 10.1. The van der Waals surface area contributed by atoms with Gasteiger partial charge in [0.2, 0.25) is 0 Å². The summed E-state index contributed by atoms with van der Waals surface area (Å²) >= 11 is 3.38. The molecule has 1 aliphatic carbocycles. The van der Waals surface area contributed by atoms with Gasteiger partial charge in [-0.3, -0.25) is 0 Å².